The summed E-state index contributed by atoms with van der Waals surface area (Å²) in [5.74, 6) is 0.759. The van der Waals surface area contributed by atoms with E-state index in [0.717, 1.165) is 24.1 Å². The summed E-state index contributed by atoms with van der Waals surface area (Å²) in [5, 5.41) is 3.13. The van der Waals surface area contributed by atoms with Gasteiger partial charge in [0.1, 0.15) is 5.69 Å². The van der Waals surface area contributed by atoms with Crippen LogP contribution in [0, 0.1) is 5.41 Å². The molecule has 1 aliphatic carbocycles. The van der Waals surface area contributed by atoms with Gasteiger partial charge in [0.25, 0.3) is 5.91 Å². The lowest BCUT2D eigenvalue weighted by atomic mass is 9.74. The Morgan fingerprint density at radius 2 is 2.03 bits per heavy atom. The van der Waals surface area contributed by atoms with Crippen LogP contribution in [0.4, 0.5) is 0 Å². The van der Waals surface area contributed by atoms with Crippen LogP contribution in [-0.4, -0.2) is 37.9 Å². The van der Waals surface area contributed by atoms with E-state index in [-0.39, 0.29) is 17.4 Å². The van der Waals surface area contributed by atoms with Crippen LogP contribution < -0.4 is 10.1 Å². The average Bonchev–Trinajstić information content (AvgIpc) is 2.73. The molecule has 4 rings (SSSR count). The number of nitrogens with one attached hydrogen (secondary N) is 1. The van der Waals surface area contributed by atoms with Crippen LogP contribution >= 0.6 is 0 Å². The molecule has 0 spiro atoms. The number of hydrogen-bond acceptors (Lipinski definition) is 7. The Morgan fingerprint density at radius 1 is 1.17 bits per heavy atom. The van der Waals surface area contributed by atoms with Crippen LogP contribution in [0.2, 0.25) is 0 Å². The molecule has 8 nitrogen and oxygen atoms in total. The Balaban J connectivity index is 1.64. The Hall–Kier alpha value is -3.42. The van der Waals surface area contributed by atoms with Crippen LogP contribution in [0.3, 0.4) is 0 Å². The van der Waals surface area contributed by atoms with Gasteiger partial charge in [-0.1, -0.05) is 13.8 Å². The van der Waals surface area contributed by atoms with Gasteiger partial charge in [0.2, 0.25) is 5.88 Å². The summed E-state index contributed by atoms with van der Waals surface area (Å²) in [5.41, 5.74) is 2.97. The van der Waals surface area contributed by atoms with Crippen LogP contribution in [0.1, 0.15) is 47.9 Å². The Morgan fingerprint density at radius 3 is 2.79 bits per heavy atom. The van der Waals surface area contributed by atoms with Gasteiger partial charge < -0.3 is 10.1 Å². The second-order valence-corrected chi connectivity index (χ2v) is 7.84. The molecule has 3 heterocycles. The SMILES string of the molecule is COc1cc(C(=O)N[C@@H]2CC(C)(C)Cc3nc(-c4cnccn4)ncc32)ccn1. The third-order valence-corrected chi connectivity index (χ3v) is 4.98. The van der Waals surface area contributed by atoms with Crippen molar-refractivity contribution in [1.82, 2.24) is 30.2 Å². The van der Waals surface area contributed by atoms with E-state index in [1.54, 1.807) is 43.1 Å². The van der Waals surface area contributed by atoms with Crippen LogP contribution in [0.15, 0.2) is 43.1 Å². The molecule has 148 valence electrons. The maximum absolute atomic E-state index is 12.8. The van der Waals surface area contributed by atoms with E-state index in [2.05, 4.69) is 39.1 Å². The average molecular weight is 390 g/mol. The quantitative estimate of drug-likeness (QED) is 0.730. The summed E-state index contributed by atoms with van der Waals surface area (Å²) >= 11 is 0. The number of methoxy groups -OCH3 is 1. The van der Waals surface area contributed by atoms with Crippen molar-refractivity contribution < 1.29 is 9.53 Å². The molecule has 1 aliphatic rings. The Labute approximate surface area is 168 Å². The normalized spacial score (nSPS) is 17.3. The molecule has 0 aliphatic heterocycles. The lowest BCUT2D eigenvalue weighted by Crippen LogP contribution is -2.37. The van der Waals surface area contributed by atoms with Crippen molar-refractivity contribution in [3.63, 3.8) is 0 Å². The number of hydrogen-bond donors (Lipinski definition) is 1. The molecule has 29 heavy (non-hydrogen) atoms. The number of carbonyl (C=O) groups excluding carboxylic acids is 1. The molecule has 8 heteroatoms. The predicted molar refractivity (Wildman–Crippen MR) is 106 cm³/mol. The number of fused-ring (bicyclic) bond motifs is 1. The van der Waals surface area contributed by atoms with Gasteiger partial charge in [-0.2, -0.15) is 0 Å². The van der Waals surface area contributed by atoms with Crippen molar-refractivity contribution in [1.29, 1.82) is 0 Å². The summed E-state index contributed by atoms with van der Waals surface area (Å²) in [6.07, 6.45) is 9.82. The second kappa shape index (κ2) is 7.54. The summed E-state index contributed by atoms with van der Waals surface area (Å²) in [4.78, 5) is 34.5. The molecule has 0 aromatic carbocycles. The van der Waals surface area contributed by atoms with E-state index in [4.69, 9.17) is 9.72 Å². The molecule has 0 saturated heterocycles. The van der Waals surface area contributed by atoms with E-state index < -0.39 is 0 Å². The van der Waals surface area contributed by atoms with Crippen molar-refractivity contribution in [2.24, 2.45) is 5.41 Å². The second-order valence-electron chi connectivity index (χ2n) is 7.84. The Bertz CT molecular complexity index is 1040. The van der Waals surface area contributed by atoms with Gasteiger partial charge in [-0.3, -0.25) is 9.78 Å². The van der Waals surface area contributed by atoms with E-state index in [1.807, 2.05) is 0 Å². The topological polar surface area (TPSA) is 103 Å². The number of aromatic nitrogens is 5. The highest BCUT2D eigenvalue weighted by Gasteiger charge is 2.34. The van der Waals surface area contributed by atoms with Crippen molar-refractivity contribution in [2.45, 2.75) is 32.7 Å². The minimum atomic E-state index is -0.184. The largest absolute Gasteiger partial charge is 0.481 e. The van der Waals surface area contributed by atoms with Gasteiger partial charge in [-0.15, -0.1) is 0 Å². The predicted octanol–water partition coefficient (Wildman–Crippen LogP) is 2.78. The van der Waals surface area contributed by atoms with Gasteiger partial charge in [0.15, 0.2) is 5.82 Å². The van der Waals surface area contributed by atoms with Gasteiger partial charge in [-0.05, 0) is 24.3 Å². The molecule has 0 saturated carbocycles. The number of amides is 1. The third-order valence-electron chi connectivity index (χ3n) is 4.98. The fraction of sp³-hybridized carbons (Fsp3) is 0.333. The molecular weight excluding hydrogens is 368 g/mol. The standard InChI is InChI=1S/C21H22N6O2/c1-21(2)9-15-14(11-25-19(26-15)17-12-22-6-7-23-17)16(10-21)27-20(28)13-4-5-24-18(8-13)29-3/h4-8,11-12,16H,9-10H2,1-3H3,(H,27,28)/t16-/m1/s1. The minimum absolute atomic E-state index is 0.0190. The van der Waals surface area contributed by atoms with Crippen LogP contribution in [-0.2, 0) is 6.42 Å². The molecule has 1 N–H and O–H groups in total. The van der Waals surface area contributed by atoms with E-state index >= 15 is 0 Å². The molecular formula is C21H22N6O2. The zero-order valence-electron chi connectivity index (χ0n) is 16.6. The van der Waals surface area contributed by atoms with Gasteiger partial charge >= 0.3 is 0 Å². The fourth-order valence-electron chi connectivity index (χ4n) is 3.62. The zero-order chi connectivity index (χ0) is 20.4. The summed E-state index contributed by atoms with van der Waals surface area (Å²) in [6, 6.07) is 3.11. The first-order valence-corrected chi connectivity index (χ1v) is 9.38. The third kappa shape index (κ3) is 4.06. The van der Waals surface area contributed by atoms with Crippen molar-refractivity contribution >= 4 is 5.91 Å². The highest BCUT2D eigenvalue weighted by molar-refractivity contribution is 5.94. The number of nitrogens with zero attached hydrogens (tertiary/aromatic N) is 5. The maximum atomic E-state index is 12.8. The highest BCUT2D eigenvalue weighted by Crippen LogP contribution is 2.40. The maximum Gasteiger partial charge on any atom is 0.252 e. The number of rotatable bonds is 4. The highest BCUT2D eigenvalue weighted by atomic mass is 16.5. The molecule has 1 atom stereocenters. The van der Waals surface area contributed by atoms with Crippen LogP contribution in [0.5, 0.6) is 5.88 Å². The summed E-state index contributed by atoms with van der Waals surface area (Å²) < 4.78 is 5.12. The summed E-state index contributed by atoms with van der Waals surface area (Å²) in [7, 11) is 1.52. The molecule has 0 unspecified atom stereocenters. The first-order valence-electron chi connectivity index (χ1n) is 9.38. The van der Waals surface area contributed by atoms with E-state index in [9.17, 15) is 4.79 Å². The van der Waals surface area contributed by atoms with Crippen molar-refractivity contribution in [2.75, 3.05) is 7.11 Å². The first kappa shape index (κ1) is 18.9. The number of pyridine rings is 1. The molecule has 0 bridgehead atoms. The molecule has 3 aromatic heterocycles. The van der Waals surface area contributed by atoms with Gasteiger partial charge in [0.05, 0.1) is 25.0 Å². The number of ether oxygens (including phenoxy) is 1. The minimum Gasteiger partial charge on any atom is -0.481 e. The van der Waals surface area contributed by atoms with E-state index in [0.29, 0.717) is 23.0 Å². The molecule has 3 aromatic rings. The lowest BCUT2D eigenvalue weighted by Gasteiger charge is -2.36. The smallest absolute Gasteiger partial charge is 0.252 e. The zero-order valence-corrected chi connectivity index (χ0v) is 16.6. The van der Waals surface area contributed by atoms with Crippen LogP contribution in [0.25, 0.3) is 11.5 Å². The van der Waals surface area contributed by atoms with E-state index in [1.165, 1.54) is 7.11 Å². The monoisotopic (exact) mass is 390 g/mol. The fourth-order valence-corrected chi connectivity index (χ4v) is 3.62. The lowest BCUT2D eigenvalue weighted by molar-refractivity contribution is 0.0918. The van der Waals surface area contributed by atoms with Gasteiger partial charge in [-0.25, -0.2) is 19.9 Å². The summed E-state index contributed by atoms with van der Waals surface area (Å²) in [6.45, 7) is 4.35. The molecule has 0 fully saturated rings. The first-order chi connectivity index (χ1) is 13.9. The van der Waals surface area contributed by atoms with Gasteiger partial charge in [0, 0.05) is 42.0 Å². The number of carbonyl (C=O) groups is 1. The van der Waals surface area contributed by atoms with Crippen molar-refractivity contribution in [3.05, 3.63) is 59.9 Å². The molecule has 0 radical (unpaired) electrons. The molecule has 1 amide bonds. The Kier molecular flexibility index (Phi) is 4.92. The van der Waals surface area contributed by atoms with Crippen molar-refractivity contribution in [3.8, 4) is 17.4 Å².